The first-order valence-corrected chi connectivity index (χ1v) is 12.8. The minimum Gasteiger partial charge on any atom is -0.508 e. The number of benzene rings is 3. The van der Waals surface area contributed by atoms with E-state index in [1.165, 1.54) is 0 Å². The standard InChI is InChI=1S/C28H30N6O3S/c1-2-3-16-34(28(38)29-25(27(36)37)17-19-10-14-22(35)15-11-19)18-20-8-12-21(13-9-20)23-6-4-5-7-24(23)26-30-32-33-31-26/h4-15,25,35H,2-3,16-18H2,1H3,(H,29,38)(H,36,37)(H,30,31,32,33). The summed E-state index contributed by atoms with van der Waals surface area (Å²) >= 11 is 5.67. The van der Waals surface area contributed by atoms with Crippen molar-refractivity contribution in [2.75, 3.05) is 6.54 Å². The van der Waals surface area contributed by atoms with Crippen LogP contribution in [0.2, 0.25) is 0 Å². The summed E-state index contributed by atoms with van der Waals surface area (Å²) in [6, 6.07) is 21.7. The molecular formula is C28H30N6O3S. The molecule has 38 heavy (non-hydrogen) atoms. The second kappa shape index (κ2) is 12.8. The predicted octanol–water partition coefficient (Wildman–Crippen LogP) is 4.41. The number of aromatic nitrogens is 4. The van der Waals surface area contributed by atoms with Crippen LogP contribution in [0.4, 0.5) is 0 Å². The molecule has 4 aromatic rings. The van der Waals surface area contributed by atoms with Crippen molar-refractivity contribution in [3.63, 3.8) is 0 Å². The number of aliphatic carboxylic acids is 1. The molecule has 1 atom stereocenters. The van der Waals surface area contributed by atoms with E-state index in [0.29, 0.717) is 24.0 Å². The maximum absolute atomic E-state index is 12.0. The van der Waals surface area contributed by atoms with Gasteiger partial charge in [0.2, 0.25) is 5.82 Å². The zero-order valence-electron chi connectivity index (χ0n) is 21.0. The van der Waals surface area contributed by atoms with Crippen molar-refractivity contribution in [2.24, 2.45) is 0 Å². The Bertz CT molecular complexity index is 1340. The molecule has 196 valence electrons. The van der Waals surface area contributed by atoms with Crippen molar-refractivity contribution < 1.29 is 15.0 Å². The van der Waals surface area contributed by atoms with Gasteiger partial charge < -0.3 is 20.4 Å². The van der Waals surface area contributed by atoms with Gasteiger partial charge >= 0.3 is 5.97 Å². The monoisotopic (exact) mass is 530 g/mol. The fraction of sp³-hybridized carbons (Fsp3) is 0.250. The molecule has 4 N–H and O–H groups in total. The van der Waals surface area contributed by atoms with E-state index in [1.54, 1.807) is 24.3 Å². The summed E-state index contributed by atoms with van der Waals surface area (Å²) in [4.78, 5) is 14.0. The molecule has 1 heterocycles. The van der Waals surface area contributed by atoms with E-state index in [1.807, 2.05) is 41.3 Å². The summed E-state index contributed by atoms with van der Waals surface area (Å²) in [6.45, 7) is 3.36. The number of carboxylic acids is 1. The zero-order valence-corrected chi connectivity index (χ0v) is 21.9. The Kier molecular flexibility index (Phi) is 8.99. The average molecular weight is 531 g/mol. The fourth-order valence-electron chi connectivity index (χ4n) is 4.13. The number of aromatic hydroxyl groups is 1. The molecule has 1 aromatic heterocycles. The molecule has 0 radical (unpaired) electrons. The number of unbranched alkanes of at least 4 members (excludes halogenated alkanes) is 1. The number of phenols is 1. The number of H-pyrrole nitrogens is 1. The SMILES string of the molecule is CCCCN(Cc1ccc(-c2ccccc2-c2nn[nH]n2)cc1)C(=S)NC(Cc1ccc(O)cc1)C(=O)O. The number of hydrogen-bond donors (Lipinski definition) is 4. The number of nitrogens with zero attached hydrogens (tertiary/aromatic N) is 4. The van der Waals surface area contributed by atoms with Crippen molar-refractivity contribution in [3.8, 4) is 28.3 Å². The Morgan fingerprint density at radius 1 is 1.03 bits per heavy atom. The van der Waals surface area contributed by atoms with Crippen LogP contribution in [0.15, 0.2) is 72.8 Å². The molecule has 9 nitrogen and oxygen atoms in total. The van der Waals surface area contributed by atoms with Gasteiger partial charge in [-0.05, 0) is 58.2 Å². The Morgan fingerprint density at radius 2 is 1.71 bits per heavy atom. The van der Waals surface area contributed by atoms with Crippen molar-refractivity contribution in [2.45, 2.75) is 38.8 Å². The number of rotatable bonds is 11. The quantitative estimate of drug-likeness (QED) is 0.209. The molecule has 0 saturated heterocycles. The van der Waals surface area contributed by atoms with Crippen LogP contribution in [0.1, 0.15) is 30.9 Å². The molecule has 0 aliphatic heterocycles. The molecule has 0 saturated carbocycles. The van der Waals surface area contributed by atoms with Crippen molar-refractivity contribution in [1.29, 1.82) is 0 Å². The van der Waals surface area contributed by atoms with Gasteiger partial charge in [0.05, 0.1) is 0 Å². The fourth-order valence-corrected chi connectivity index (χ4v) is 4.42. The molecule has 0 aliphatic carbocycles. The van der Waals surface area contributed by atoms with E-state index in [2.05, 4.69) is 45.0 Å². The van der Waals surface area contributed by atoms with Crippen LogP contribution in [-0.2, 0) is 17.8 Å². The van der Waals surface area contributed by atoms with Crippen LogP contribution in [0.25, 0.3) is 22.5 Å². The van der Waals surface area contributed by atoms with E-state index >= 15 is 0 Å². The number of carboxylic acid groups (broad SMARTS) is 1. The number of carbonyl (C=O) groups is 1. The maximum Gasteiger partial charge on any atom is 0.326 e. The molecule has 3 aromatic carbocycles. The first-order valence-electron chi connectivity index (χ1n) is 12.4. The average Bonchev–Trinajstić information content (AvgIpc) is 3.47. The van der Waals surface area contributed by atoms with Gasteiger partial charge in [0.1, 0.15) is 11.8 Å². The van der Waals surface area contributed by atoms with Gasteiger partial charge in [0.25, 0.3) is 0 Å². The van der Waals surface area contributed by atoms with E-state index in [0.717, 1.165) is 40.7 Å². The van der Waals surface area contributed by atoms with Crippen LogP contribution >= 0.6 is 12.2 Å². The second-order valence-corrected chi connectivity index (χ2v) is 9.35. The molecule has 10 heteroatoms. The first kappa shape index (κ1) is 26.7. The molecule has 0 spiro atoms. The van der Waals surface area contributed by atoms with Gasteiger partial charge in [0.15, 0.2) is 5.11 Å². The second-order valence-electron chi connectivity index (χ2n) is 8.96. The third-order valence-electron chi connectivity index (χ3n) is 6.19. The molecule has 0 bridgehead atoms. The van der Waals surface area contributed by atoms with Gasteiger partial charge in [-0.1, -0.05) is 74.0 Å². The Hall–Kier alpha value is -4.31. The molecule has 0 fully saturated rings. The maximum atomic E-state index is 12.0. The largest absolute Gasteiger partial charge is 0.508 e. The molecule has 0 aliphatic rings. The molecule has 0 amide bonds. The van der Waals surface area contributed by atoms with E-state index < -0.39 is 12.0 Å². The Balaban J connectivity index is 1.48. The van der Waals surface area contributed by atoms with E-state index in [9.17, 15) is 15.0 Å². The Morgan fingerprint density at radius 3 is 2.34 bits per heavy atom. The highest BCUT2D eigenvalue weighted by Crippen LogP contribution is 2.30. The smallest absolute Gasteiger partial charge is 0.326 e. The van der Waals surface area contributed by atoms with Crippen LogP contribution in [0, 0.1) is 0 Å². The number of phenolic OH excluding ortho intramolecular Hbond substituents is 1. The van der Waals surface area contributed by atoms with E-state index in [4.69, 9.17) is 12.2 Å². The van der Waals surface area contributed by atoms with Crippen molar-refractivity contribution in [1.82, 2.24) is 30.8 Å². The molecule has 4 rings (SSSR count). The number of aromatic amines is 1. The molecular weight excluding hydrogens is 500 g/mol. The number of hydrogen-bond acceptors (Lipinski definition) is 6. The van der Waals surface area contributed by atoms with Gasteiger partial charge in [-0.3, -0.25) is 0 Å². The minimum atomic E-state index is -0.986. The Labute approximate surface area is 226 Å². The zero-order chi connectivity index (χ0) is 26.9. The third-order valence-corrected chi connectivity index (χ3v) is 6.57. The highest BCUT2D eigenvalue weighted by molar-refractivity contribution is 7.80. The van der Waals surface area contributed by atoms with Gasteiger partial charge in [0, 0.05) is 25.1 Å². The van der Waals surface area contributed by atoms with Crippen molar-refractivity contribution >= 4 is 23.3 Å². The van der Waals surface area contributed by atoms with Gasteiger partial charge in [-0.15, -0.1) is 10.2 Å². The van der Waals surface area contributed by atoms with Crippen LogP contribution in [0.3, 0.4) is 0 Å². The summed E-state index contributed by atoms with van der Waals surface area (Å²) in [5, 5.41) is 37.2. The lowest BCUT2D eigenvalue weighted by molar-refractivity contribution is -0.139. The van der Waals surface area contributed by atoms with Crippen molar-refractivity contribution in [3.05, 3.63) is 83.9 Å². The highest BCUT2D eigenvalue weighted by atomic mass is 32.1. The normalized spacial score (nSPS) is 11.6. The number of tetrazole rings is 1. The number of nitrogens with one attached hydrogen (secondary N) is 2. The van der Waals surface area contributed by atoms with Crippen LogP contribution in [0.5, 0.6) is 5.75 Å². The highest BCUT2D eigenvalue weighted by Gasteiger charge is 2.22. The van der Waals surface area contributed by atoms with Gasteiger partial charge in [-0.25, -0.2) is 4.79 Å². The summed E-state index contributed by atoms with van der Waals surface area (Å²) in [5.41, 5.74) is 4.75. The summed E-state index contributed by atoms with van der Waals surface area (Å²) in [5.74, 6) is -0.313. The summed E-state index contributed by atoms with van der Waals surface area (Å²) in [6.07, 6.45) is 2.15. The first-order chi connectivity index (χ1) is 18.4. The van der Waals surface area contributed by atoms with E-state index in [-0.39, 0.29) is 12.2 Å². The summed E-state index contributed by atoms with van der Waals surface area (Å²) in [7, 11) is 0. The predicted molar refractivity (Wildman–Crippen MR) is 149 cm³/mol. The van der Waals surface area contributed by atoms with Crippen LogP contribution in [-0.4, -0.2) is 59.4 Å². The topological polar surface area (TPSA) is 127 Å². The number of thiocarbonyl (C=S) groups is 1. The lowest BCUT2D eigenvalue weighted by atomic mass is 9.98. The lowest BCUT2D eigenvalue weighted by Gasteiger charge is -2.28. The minimum absolute atomic E-state index is 0.138. The third kappa shape index (κ3) is 6.92. The molecule has 1 unspecified atom stereocenters. The lowest BCUT2D eigenvalue weighted by Crippen LogP contribution is -2.48. The van der Waals surface area contributed by atoms with Gasteiger partial charge in [-0.2, -0.15) is 5.21 Å². The summed E-state index contributed by atoms with van der Waals surface area (Å²) < 4.78 is 0. The van der Waals surface area contributed by atoms with Crippen LogP contribution < -0.4 is 5.32 Å².